The van der Waals surface area contributed by atoms with Crippen molar-refractivity contribution in [2.75, 3.05) is 0 Å². The molecule has 10 heteroatoms. The first-order valence-corrected chi connectivity index (χ1v) is 9.85. The van der Waals surface area contributed by atoms with Gasteiger partial charge in [-0.1, -0.05) is 12.1 Å². The van der Waals surface area contributed by atoms with Crippen molar-refractivity contribution in [1.29, 1.82) is 0 Å². The van der Waals surface area contributed by atoms with Gasteiger partial charge in [0.2, 0.25) is 5.91 Å². The topological polar surface area (TPSA) is 93.4 Å². The number of H-pyrrole nitrogens is 1. The first-order valence-electron chi connectivity index (χ1n) is 8.57. The SMILES string of the molecule is CC(C(=O)NCc1ccc(-n2cccn2)nc1)n1c(-c2cccs2)n[nH]c1=S. The van der Waals surface area contributed by atoms with Gasteiger partial charge >= 0.3 is 0 Å². The van der Waals surface area contributed by atoms with Crippen LogP contribution in [0.1, 0.15) is 18.5 Å². The zero-order valence-corrected chi connectivity index (χ0v) is 16.6. The molecule has 1 atom stereocenters. The molecule has 4 aromatic rings. The monoisotopic (exact) mass is 411 g/mol. The molecule has 0 radical (unpaired) electrons. The zero-order valence-electron chi connectivity index (χ0n) is 14.9. The van der Waals surface area contributed by atoms with E-state index in [1.807, 2.05) is 41.9 Å². The molecule has 4 heterocycles. The minimum atomic E-state index is -0.500. The van der Waals surface area contributed by atoms with Crippen molar-refractivity contribution in [1.82, 2.24) is 34.8 Å². The molecule has 0 saturated carbocycles. The maximum Gasteiger partial charge on any atom is 0.243 e. The van der Waals surface area contributed by atoms with Crippen LogP contribution in [-0.2, 0) is 11.3 Å². The van der Waals surface area contributed by atoms with Crippen molar-refractivity contribution >= 4 is 29.5 Å². The van der Waals surface area contributed by atoms with Gasteiger partial charge < -0.3 is 5.32 Å². The molecule has 2 N–H and O–H groups in total. The number of hydrogen-bond acceptors (Lipinski definition) is 6. The quantitative estimate of drug-likeness (QED) is 0.476. The third-order valence-corrected chi connectivity index (χ3v) is 5.38. The maximum atomic E-state index is 12.7. The lowest BCUT2D eigenvalue weighted by Crippen LogP contribution is -2.31. The number of thiophene rings is 1. The highest BCUT2D eigenvalue weighted by molar-refractivity contribution is 7.71. The second-order valence-electron chi connectivity index (χ2n) is 6.07. The predicted octanol–water partition coefficient (Wildman–Crippen LogP) is 3.13. The van der Waals surface area contributed by atoms with E-state index in [-0.39, 0.29) is 5.91 Å². The summed E-state index contributed by atoms with van der Waals surface area (Å²) in [6.45, 7) is 2.17. The highest BCUT2D eigenvalue weighted by atomic mass is 32.1. The molecular weight excluding hydrogens is 394 g/mol. The summed E-state index contributed by atoms with van der Waals surface area (Å²) in [6.07, 6.45) is 5.25. The molecule has 8 nitrogen and oxygen atoms in total. The highest BCUT2D eigenvalue weighted by Gasteiger charge is 2.21. The highest BCUT2D eigenvalue weighted by Crippen LogP contribution is 2.25. The lowest BCUT2D eigenvalue weighted by molar-refractivity contribution is -0.124. The van der Waals surface area contributed by atoms with Crippen molar-refractivity contribution in [2.24, 2.45) is 0 Å². The van der Waals surface area contributed by atoms with Crippen LogP contribution in [0.3, 0.4) is 0 Å². The van der Waals surface area contributed by atoms with Crippen LogP contribution >= 0.6 is 23.6 Å². The molecule has 4 rings (SSSR count). The molecule has 0 aliphatic rings. The number of aromatic amines is 1. The Morgan fingerprint density at radius 3 is 2.93 bits per heavy atom. The fraction of sp³-hybridized carbons (Fsp3) is 0.167. The van der Waals surface area contributed by atoms with Crippen molar-refractivity contribution in [2.45, 2.75) is 19.5 Å². The van der Waals surface area contributed by atoms with E-state index in [4.69, 9.17) is 12.2 Å². The van der Waals surface area contributed by atoms with Crippen LogP contribution in [0.15, 0.2) is 54.3 Å². The predicted molar refractivity (Wildman–Crippen MR) is 109 cm³/mol. The van der Waals surface area contributed by atoms with Gasteiger partial charge in [-0.15, -0.1) is 11.3 Å². The van der Waals surface area contributed by atoms with Gasteiger partial charge in [0.15, 0.2) is 16.4 Å². The second-order valence-corrected chi connectivity index (χ2v) is 7.40. The van der Waals surface area contributed by atoms with E-state index in [1.54, 1.807) is 39.9 Å². The maximum absolute atomic E-state index is 12.7. The molecule has 0 bridgehead atoms. The summed E-state index contributed by atoms with van der Waals surface area (Å²) in [4.78, 5) is 18.0. The summed E-state index contributed by atoms with van der Waals surface area (Å²) in [7, 11) is 0. The molecule has 142 valence electrons. The number of pyridine rings is 1. The van der Waals surface area contributed by atoms with Gasteiger partial charge in [-0.25, -0.2) is 9.67 Å². The molecule has 28 heavy (non-hydrogen) atoms. The summed E-state index contributed by atoms with van der Waals surface area (Å²) in [5.41, 5.74) is 0.894. The van der Waals surface area contributed by atoms with Gasteiger partial charge in [0.25, 0.3) is 0 Å². The van der Waals surface area contributed by atoms with Crippen LogP contribution in [0.2, 0.25) is 0 Å². The van der Waals surface area contributed by atoms with Crippen LogP contribution in [0.4, 0.5) is 0 Å². The van der Waals surface area contributed by atoms with Crippen LogP contribution in [0.25, 0.3) is 16.5 Å². The molecule has 0 aliphatic carbocycles. The van der Waals surface area contributed by atoms with Crippen LogP contribution < -0.4 is 5.32 Å². The standard InChI is InChI=1S/C18H17N7OS2/c1-12(25-16(22-23-18(25)27)14-4-2-9-28-14)17(26)20-11-13-5-6-15(19-10-13)24-8-3-7-21-24/h2-10,12H,11H2,1H3,(H,20,26)(H,23,27). The van der Waals surface area contributed by atoms with Crippen LogP contribution in [-0.4, -0.2) is 35.4 Å². The summed E-state index contributed by atoms with van der Waals surface area (Å²) in [6, 6.07) is 8.99. The van der Waals surface area contributed by atoms with E-state index in [1.165, 1.54) is 0 Å². The lowest BCUT2D eigenvalue weighted by Gasteiger charge is -2.15. The zero-order chi connectivity index (χ0) is 19.5. The molecule has 1 amide bonds. The molecule has 0 fully saturated rings. The third-order valence-electron chi connectivity index (χ3n) is 4.23. The Morgan fingerprint density at radius 1 is 1.36 bits per heavy atom. The van der Waals surface area contributed by atoms with Gasteiger partial charge in [-0.3, -0.25) is 14.5 Å². The van der Waals surface area contributed by atoms with Crippen molar-refractivity contribution < 1.29 is 4.79 Å². The van der Waals surface area contributed by atoms with Crippen molar-refractivity contribution in [3.8, 4) is 16.5 Å². The number of carbonyl (C=O) groups is 1. The van der Waals surface area contributed by atoms with E-state index in [0.717, 1.165) is 16.3 Å². The Kier molecular flexibility index (Phi) is 5.13. The number of aromatic nitrogens is 6. The largest absolute Gasteiger partial charge is 0.350 e. The van der Waals surface area contributed by atoms with Gasteiger partial charge in [-0.05, 0) is 48.3 Å². The Morgan fingerprint density at radius 2 is 2.25 bits per heavy atom. The number of nitrogens with one attached hydrogen (secondary N) is 2. The summed E-state index contributed by atoms with van der Waals surface area (Å²) < 4.78 is 3.82. The molecule has 0 spiro atoms. The molecule has 0 aromatic carbocycles. The number of amides is 1. The summed E-state index contributed by atoms with van der Waals surface area (Å²) in [5, 5.41) is 16.1. The van der Waals surface area contributed by atoms with E-state index < -0.39 is 6.04 Å². The van der Waals surface area contributed by atoms with Crippen LogP contribution in [0, 0.1) is 4.77 Å². The van der Waals surface area contributed by atoms with Gasteiger partial charge in [0.05, 0.1) is 4.88 Å². The molecular formula is C18H17N7OS2. The Balaban J connectivity index is 1.44. The average Bonchev–Trinajstić information content (AvgIpc) is 3.47. The fourth-order valence-corrected chi connectivity index (χ4v) is 3.76. The van der Waals surface area contributed by atoms with Gasteiger partial charge in [-0.2, -0.15) is 10.2 Å². The first-order chi connectivity index (χ1) is 13.6. The van der Waals surface area contributed by atoms with Gasteiger partial charge in [0, 0.05) is 25.1 Å². The smallest absolute Gasteiger partial charge is 0.243 e. The normalized spacial score (nSPS) is 12.0. The van der Waals surface area contributed by atoms with Crippen molar-refractivity contribution in [3.63, 3.8) is 0 Å². The molecule has 4 aromatic heterocycles. The minimum absolute atomic E-state index is 0.147. The average molecular weight is 412 g/mol. The first kappa shape index (κ1) is 18.3. The fourth-order valence-electron chi connectivity index (χ4n) is 2.76. The third kappa shape index (κ3) is 3.64. The summed E-state index contributed by atoms with van der Waals surface area (Å²) >= 11 is 6.87. The minimum Gasteiger partial charge on any atom is -0.350 e. The number of rotatable bonds is 6. The Labute approximate surface area is 169 Å². The Bertz CT molecular complexity index is 1110. The number of hydrogen-bond donors (Lipinski definition) is 2. The summed E-state index contributed by atoms with van der Waals surface area (Å²) in [5.74, 6) is 1.23. The molecule has 0 aliphatic heterocycles. The second kappa shape index (κ2) is 7.87. The Hall–Kier alpha value is -3.11. The van der Waals surface area contributed by atoms with E-state index in [9.17, 15) is 4.79 Å². The number of nitrogens with zero attached hydrogens (tertiary/aromatic N) is 5. The van der Waals surface area contributed by atoms with E-state index in [2.05, 4.69) is 25.6 Å². The van der Waals surface area contributed by atoms with E-state index >= 15 is 0 Å². The van der Waals surface area contributed by atoms with Crippen molar-refractivity contribution in [3.05, 3.63) is 64.6 Å². The van der Waals surface area contributed by atoms with E-state index in [0.29, 0.717) is 17.1 Å². The van der Waals surface area contributed by atoms with Gasteiger partial charge in [0.1, 0.15) is 6.04 Å². The molecule has 1 unspecified atom stereocenters. The molecule has 0 saturated heterocycles. The lowest BCUT2D eigenvalue weighted by atomic mass is 10.2. The van der Waals surface area contributed by atoms with Crippen LogP contribution in [0.5, 0.6) is 0 Å². The number of carbonyl (C=O) groups excluding carboxylic acids is 1.